The monoisotopic (exact) mass is 271 g/mol. The third-order valence-electron chi connectivity index (χ3n) is 3.01. The van der Waals surface area contributed by atoms with Crippen LogP contribution in [0.3, 0.4) is 0 Å². The van der Waals surface area contributed by atoms with Crippen LogP contribution in [0.4, 0.5) is 5.69 Å². The number of hydrogen-bond acceptors (Lipinski definition) is 2. The van der Waals surface area contributed by atoms with E-state index < -0.39 is 0 Å². The molecule has 0 saturated heterocycles. The molecule has 2 heteroatoms. The largest absolute Gasteiger partial charge is 0.258 e. The SMILES string of the molecule is CC(C)=C/C=C\c1c(C)sc2c1N=CC(C)(C)C=C2. The zero-order chi connectivity index (χ0) is 14.0. The molecule has 2 heterocycles. The van der Waals surface area contributed by atoms with Crippen molar-refractivity contribution in [1.82, 2.24) is 0 Å². The molecule has 1 aromatic heterocycles. The Hall–Kier alpha value is -1.41. The molecule has 1 nitrogen and oxygen atoms in total. The predicted octanol–water partition coefficient (Wildman–Crippen LogP) is 5.79. The van der Waals surface area contributed by atoms with Crippen molar-refractivity contribution in [1.29, 1.82) is 0 Å². The third kappa shape index (κ3) is 3.32. The van der Waals surface area contributed by atoms with Gasteiger partial charge in [-0.3, -0.25) is 4.99 Å². The van der Waals surface area contributed by atoms with Crippen LogP contribution in [0.5, 0.6) is 0 Å². The molecule has 0 fully saturated rings. The van der Waals surface area contributed by atoms with Gasteiger partial charge in [-0.25, -0.2) is 0 Å². The summed E-state index contributed by atoms with van der Waals surface area (Å²) < 4.78 is 0. The van der Waals surface area contributed by atoms with Crippen LogP contribution in [0, 0.1) is 12.3 Å². The molecular weight excluding hydrogens is 250 g/mol. The summed E-state index contributed by atoms with van der Waals surface area (Å²) in [6.45, 7) is 10.7. The highest BCUT2D eigenvalue weighted by molar-refractivity contribution is 7.13. The summed E-state index contributed by atoms with van der Waals surface area (Å²) in [5.41, 5.74) is 3.70. The number of rotatable bonds is 2. The highest BCUT2D eigenvalue weighted by Gasteiger charge is 2.18. The lowest BCUT2D eigenvalue weighted by Crippen LogP contribution is -2.07. The smallest absolute Gasteiger partial charge is 0.0881 e. The fourth-order valence-corrected chi connectivity index (χ4v) is 2.91. The molecule has 0 saturated carbocycles. The second kappa shape index (κ2) is 5.30. The minimum absolute atomic E-state index is 0.0353. The van der Waals surface area contributed by atoms with Crippen molar-refractivity contribution < 1.29 is 0 Å². The summed E-state index contributed by atoms with van der Waals surface area (Å²) in [7, 11) is 0. The van der Waals surface area contributed by atoms with Gasteiger partial charge in [0.15, 0.2) is 0 Å². The number of aliphatic imine (C=N–C) groups is 1. The van der Waals surface area contributed by atoms with Crippen molar-refractivity contribution in [3.8, 4) is 0 Å². The van der Waals surface area contributed by atoms with Gasteiger partial charge in [0.1, 0.15) is 0 Å². The fourth-order valence-electron chi connectivity index (χ4n) is 1.91. The highest BCUT2D eigenvalue weighted by atomic mass is 32.1. The van der Waals surface area contributed by atoms with Crippen molar-refractivity contribution in [2.75, 3.05) is 0 Å². The summed E-state index contributed by atoms with van der Waals surface area (Å²) in [5, 5.41) is 0. The molecule has 0 unspecified atom stereocenters. The highest BCUT2D eigenvalue weighted by Crippen LogP contribution is 2.39. The number of allylic oxidation sites excluding steroid dienone is 4. The van der Waals surface area contributed by atoms with Gasteiger partial charge >= 0.3 is 0 Å². The van der Waals surface area contributed by atoms with E-state index in [4.69, 9.17) is 4.99 Å². The number of fused-ring (bicyclic) bond motifs is 1. The molecule has 0 radical (unpaired) electrons. The first-order chi connectivity index (χ1) is 8.89. The molecule has 0 spiro atoms. The molecule has 0 amide bonds. The third-order valence-corrected chi connectivity index (χ3v) is 4.09. The minimum atomic E-state index is 0.0353. The molecular formula is C17H21NS. The van der Waals surface area contributed by atoms with Gasteiger partial charge in [0.05, 0.1) is 10.6 Å². The van der Waals surface area contributed by atoms with Crippen LogP contribution in [0.25, 0.3) is 12.2 Å². The fraction of sp³-hybridized carbons (Fsp3) is 0.353. The lowest BCUT2D eigenvalue weighted by molar-refractivity contribution is 0.699. The molecule has 0 aromatic carbocycles. The predicted molar refractivity (Wildman–Crippen MR) is 88.5 cm³/mol. The van der Waals surface area contributed by atoms with Gasteiger partial charge in [-0.2, -0.15) is 0 Å². The van der Waals surface area contributed by atoms with Crippen LogP contribution in [-0.2, 0) is 0 Å². The topological polar surface area (TPSA) is 12.4 Å². The van der Waals surface area contributed by atoms with E-state index in [0.29, 0.717) is 0 Å². The van der Waals surface area contributed by atoms with Gasteiger partial charge in [0, 0.05) is 22.1 Å². The lowest BCUT2D eigenvalue weighted by atomic mass is 9.95. The zero-order valence-corrected chi connectivity index (χ0v) is 13.1. The van der Waals surface area contributed by atoms with E-state index in [-0.39, 0.29) is 5.41 Å². The van der Waals surface area contributed by atoms with E-state index in [2.05, 4.69) is 65.0 Å². The second-order valence-electron chi connectivity index (χ2n) is 5.80. The molecule has 0 atom stereocenters. The van der Waals surface area contributed by atoms with Crippen molar-refractivity contribution in [3.05, 3.63) is 39.1 Å². The van der Waals surface area contributed by atoms with Crippen molar-refractivity contribution >= 4 is 35.4 Å². The molecule has 2 rings (SSSR count). The van der Waals surface area contributed by atoms with E-state index in [0.717, 1.165) is 5.69 Å². The summed E-state index contributed by atoms with van der Waals surface area (Å²) in [6, 6.07) is 0. The number of thiophene rings is 1. The Bertz CT molecular complexity index is 591. The quantitative estimate of drug-likeness (QED) is 0.603. The van der Waals surface area contributed by atoms with Crippen LogP contribution in [0.2, 0.25) is 0 Å². The molecule has 1 aliphatic rings. The Kier molecular flexibility index (Phi) is 3.91. The summed E-state index contributed by atoms with van der Waals surface area (Å²) >= 11 is 1.82. The van der Waals surface area contributed by atoms with Gasteiger partial charge in [0.25, 0.3) is 0 Å². The van der Waals surface area contributed by atoms with Gasteiger partial charge in [-0.15, -0.1) is 11.3 Å². The summed E-state index contributed by atoms with van der Waals surface area (Å²) in [6.07, 6.45) is 12.9. The van der Waals surface area contributed by atoms with Crippen LogP contribution >= 0.6 is 11.3 Å². The van der Waals surface area contributed by atoms with Gasteiger partial charge in [-0.05, 0) is 26.8 Å². The van der Waals surface area contributed by atoms with Gasteiger partial charge < -0.3 is 0 Å². The molecule has 1 aliphatic heterocycles. The van der Waals surface area contributed by atoms with E-state index in [1.54, 1.807) is 0 Å². The molecule has 0 N–H and O–H groups in total. The average molecular weight is 271 g/mol. The van der Waals surface area contributed by atoms with Crippen molar-refractivity contribution in [2.45, 2.75) is 34.6 Å². The van der Waals surface area contributed by atoms with Crippen molar-refractivity contribution in [3.63, 3.8) is 0 Å². The Morgan fingerprint density at radius 3 is 2.74 bits per heavy atom. The Balaban J connectivity index is 2.44. The first-order valence-corrected chi connectivity index (χ1v) is 7.40. The van der Waals surface area contributed by atoms with Crippen LogP contribution in [0.15, 0.2) is 28.8 Å². The molecule has 19 heavy (non-hydrogen) atoms. The first-order valence-electron chi connectivity index (χ1n) is 6.58. The summed E-state index contributed by atoms with van der Waals surface area (Å²) in [5.74, 6) is 0. The first kappa shape index (κ1) is 14.0. The maximum atomic E-state index is 4.71. The van der Waals surface area contributed by atoms with Gasteiger partial charge in [-0.1, -0.05) is 43.7 Å². The maximum absolute atomic E-state index is 4.71. The van der Waals surface area contributed by atoms with E-state index >= 15 is 0 Å². The normalized spacial score (nSPS) is 16.5. The Morgan fingerprint density at radius 2 is 2.05 bits per heavy atom. The number of aryl methyl sites for hydroxylation is 1. The maximum Gasteiger partial charge on any atom is 0.0881 e. The molecule has 1 aromatic rings. The molecule has 0 aliphatic carbocycles. The second-order valence-corrected chi connectivity index (χ2v) is 7.06. The standard InChI is InChI=1S/C17H21NS/c1-12(2)7-6-8-14-13(3)19-15-9-10-17(4,5)11-18-16(14)15/h6-11H,1-5H3/b8-6-. The molecule has 100 valence electrons. The van der Waals surface area contributed by atoms with E-state index in [1.165, 1.54) is 20.9 Å². The van der Waals surface area contributed by atoms with E-state index in [9.17, 15) is 0 Å². The minimum Gasteiger partial charge on any atom is -0.258 e. The summed E-state index contributed by atoms with van der Waals surface area (Å²) in [4.78, 5) is 7.29. The number of hydrogen-bond donors (Lipinski definition) is 0. The van der Waals surface area contributed by atoms with Crippen molar-refractivity contribution in [2.24, 2.45) is 10.4 Å². The average Bonchev–Trinajstić information content (AvgIpc) is 2.52. The van der Waals surface area contributed by atoms with Crippen LogP contribution in [0.1, 0.15) is 43.0 Å². The zero-order valence-electron chi connectivity index (χ0n) is 12.3. The molecule has 0 bridgehead atoms. The Labute approximate surface area is 120 Å². The Morgan fingerprint density at radius 1 is 1.32 bits per heavy atom. The van der Waals surface area contributed by atoms with E-state index in [1.807, 2.05) is 17.6 Å². The number of nitrogens with zero attached hydrogens (tertiary/aromatic N) is 1. The lowest BCUT2D eigenvalue weighted by Gasteiger charge is -2.10. The van der Waals surface area contributed by atoms with Crippen LogP contribution < -0.4 is 0 Å². The van der Waals surface area contributed by atoms with Crippen LogP contribution in [-0.4, -0.2) is 6.21 Å². The van der Waals surface area contributed by atoms with Gasteiger partial charge in [0.2, 0.25) is 0 Å².